The second kappa shape index (κ2) is 7.72. The monoisotopic (exact) mass is 521 g/mol. The Kier molecular flexibility index (Phi) is 5.15. The lowest BCUT2D eigenvalue weighted by Crippen LogP contribution is -2.65. The Bertz CT molecular complexity index is 1110. The largest absolute Gasteiger partial charge is 0.469 e. The summed E-state index contributed by atoms with van der Waals surface area (Å²) in [4.78, 5) is 24.6. The van der Waals surface area contributed by atoms with E-state index in [0.29, 0.717) is 17.2 Å². The average molecular weight is 523 g/mol. The summed E-state index contributed by atoms with van der Waals surface area (Å²) in [6.45, 7) is 0. The molecule has 0 radical (unpaired) electrons. The molecule has 3 atom stereocenters. The molecule has 1 N–H and O–H groups in total. The van der Waals surface area contributed by atoms with E-state index >= 15 is 0 Å². The van der Waals surface area contributed by atoms with Crippen molar-refractivity contribution in [1.82, 2.24) is 10.3 Å². The molecule has 0 aromatic heterocycles. The number of benzene rings is 2. The summed E-state index contributed by atoms with van der Waals surface area (Å²) in [7, 11) is 1.33. The number of hydrogen-bond donors (Lipinski definition) is 1. The number of rotatable bonds is 3. The molecule has 1 fully saturated rings. The van der Waals surface area contributed by atoms with Crippen LogP contribution < -0.4 is 10.1 Å². The van der Waals surface area contributed by atoms with Crippen molar-refractivity contribution in [1.29, 1.82) is 0 Å². The van der Waals surface area contributed by atoms with Crippen LogP contribution in [0.5, 0.6) is 5.75 Å². The Hall–Kier alpha value is -2.23. The van der Waals surface area contributed by atoms with Gasteiger partial charge in [-0.2, -0.15) is 5.10 Å². The molecule has 2 aromatic rings. The third-order valence-corrected chi connectivity index (χ3v) is 7.62. The molecule has 0 aliphatic carbocycles. The van der Waals surface area contributed by atoms with Gasteiger partial charge in [0, 0.05) is 21.5 Å². The van der Waals surface area contributed by atoms with Crippen LogP contribution in [0.1, 0.15) is 30.0 Å². The normalized spacial score (nSPS) is 26.1. The average Bonchev–Trinajstić information content (AvgIpc) is 3.31. The van der Waals surface area contributed by atoms with Gasteiger partial charge < -0.3 is 9.47 Å². The molecule has 7 nitrogen and oxygen atoms in total. The van der Waals surface area contributed by atoms with Crippen LogP contribution in [0.3, 0.4) is 0 Å². The fourth-order valence-corrected chi connectivity index (χ4v) is 5.97. The molecule has 3 aliphatic heterocycles. The summed E-state index contributed by atoms with van der Waals surface area (Å²) in [6.07, 6.45) is 0.603. The number of carbonyl (C=O) groups excluding carboxylic acids is 2. The number of thioether (sulfide) groups is 1. The lowest BCUT2D eigenvalue weighted by molar-refractivity contribution is -0.150. The smallest absolute Gasteiger partial charge is 0.306 e. The maximum absolute atomic E-state index is 12.5. The summed E-state index contributed by atoms with van der Waals surface area (Å²) in [5.41, 5.74) is 2.73. The minimum Gasteiger partial charge on any atom is -0.469 e. The maximum Gasteiger partial charge on any atom is 0.306 e. The topological polar surface area (TPSA) is 80.2 Å². The lowest BCUT2D eigenvalue weighted by atomic mass is 9.95. The van der Waals surface area contributed by atoms with Crippen LogP contribution in [0.4, 0.5) is 4.79 Å². The molecule has 31 heavy (non-hydrogen) atoms. The van der Waals surface area contributed by atoms with Gasteiger partial charge in [0.1, 0.15) is 11.0 Å². The van der Waals surface area contributed by atoms with Crippen molar-refractivity contribution < 1.29 is 19.1 Å². The Labute approximate surface area is 196 Å². The maximum atomic E-state index is 12.5. The van der Waals surface area contributed by atoms with Crippen LogP contribution in [-0.2, 0) is 9.53 Å². The summed E-state index contributed by atoms with van der Waals surface area (Å²) < 4.78 is 12.2. The molecule has 1 amide bonds. The predicted molar refractivity (Wildman–Crippen MR) is 121 cm³/mol. The highest BCUT2D eigenvalue weighted by molar-refractivity contribution is 9.10. The zero-order valence-corrected chi connectivity index (χ0v) is 19.5. The number of amides is 1. The van der Waals surface area contributed by atoms with Gasteiger partial charge in [-0.25, -0.2) is 5.01 Å². The summed E-state index contributed by atoms with van der Waals surface area (Å²) in [5.74, 6) is -1.08. The molecule has 0 bridgehead atoms. The molecule has 0 saturated carbocycles. The Morgan fingerprint density at radius 3 is 2.90 bits per heavy atom. The zero-order valence-electron chi connectivity index (χ0n) is 16.3. The standard InChI is InChI=1S/C21H17BrClN3O4S/c1-29-18(27)10-17-21(24-20(28)31-17)26-15(19-13(22)3-2-4-16(19)30-21)9-14(25-26)11-5-7-12(23)8-6-11/h2-8,15,17H,9-10H2,1H3,(H,24,28). The number of nitrogens with one attached hydrogen (secondary N) is 1. The molecular weight excluding hydrogens is 506 g/mol. The summed E-state index contributed by atoms with van der Waals surface area (Å²) >= 11 is 10.7. The van der Waals surface area contributed by atoms with Crippen molar-refractivity contribution in [2.24, 2.45) is 5.10 Å². The van der Waals surface area contributed by atoms with E-state index in [1.54, 1.807) is 5.01 Å². The first-order valence-corrected chi connectivity index (χ1v) is 11.6. The van der Waals surface area contributed by atoms with E-state index in [-0.39, 0.29) is 17.7 Å². The van der Waals surface area contributed by atoms with E-state index in [9.17, 15) is 9.59 Å². The third kappa shape index (κ3) is 3.39. The van der Waals surface area contributed by atoms with Crippen molar-refractivity contribution in [3.8, 4) is 5.75 Å². The van der Waals surface area contributed by atoms with Gasteiger partial charge in [0.2, 0.25) is 0 Å². The van der Waals surface area contributed by atoms with Crippen LogP contribution in [-0.4, -0.2) is 40.1 Å². The minimum atomic E-state index is -1.30. The van der Waals surface area contributed by atoms with Crippen molar-refractivity contribution in [3.05, 3.63) is 63.1 Å². The highest BCUT2D eigenvalue weighted by Gasteiger charge is 2.61. The first-order valence-electron chi connectivity index (χ1n) is 9.57. The van der Waals surface area contributed by atoms with E-state index in [1.807, 2.05) is 42.5 Å². The van der Waals surface area contributed by atoms with Crippen molar-refractivity contribution >= 4 is 56.2 Å². The van der Waals surface area contributed by atoms with E-state index in [1.165, 1.54) is 7.11 Å². The van der Waals surface area contributed by atoms with E-state index in [2.05, 4.69) is 21.2 Å². The Morgan fingerprint density at radius 2 is 2.16 bits per heavy atom. The van der Waals surface area contributed by atoms with Gasteiger partial charge in [-0.1, -0.05) is 57.5 Å². The fourth-order valence-electron chi connectivity index (χ4n) is 4.18. The number of hydrazone groups is 1. The van der Waals surface area contributed by atoms with Gasteiger partial charge >= 0.3 is 5.97 Å². The first-order chi connectivity index (χ1) is 14.9. The first kappa shape index (κ1) is 20.7. The fraction of sp³-hybridized carbons (Fsp3) is 0.286. The number of hydrogen-bond acceptors (Lipinski definition) is 7. The van der Waals surface area contributed by atoms with Crippen LogP contribution in [0.15, 0.2) is 52.0 Å². The number of fused-ring (bicyclic) bond motifs is 4. The Balaban J connectivity index is 1.63. The number of nitrogens with zero attached hydrogens (tertiary/aromatic N) is 2. The summed E-state index contributed by atoms with van der Waals surface area (Å²) in [5, 5.41) is 9.43. The van der Waals surface area contributed by atoms with Crippen LogP contribution in [0.25, 0.3) is 0 Å². The van der Waals surface area contributed by atoms with E-state index in [4.69, 9.17) is 26.2 Å². The molecule has 3 aliphatic rings. The van der Waals surface area contributed by atoms with Gasteiger partial charge in [0.05, 0.1) is 25.3 Å². The molecule has 3 unspecified atom stereocenters. The van der Waals surface area contributed by atoms with E-state index in [0.717, 1.165) is 33.1 Å². The Morgan fingerprint density at radius 1 is 1.39 bits per heavy atom. The molecule has 2 aromatic carbocycles. The molecule has 160 valence electrons. The number of ether oxygens (including phenoxy) is 2. The quantitative estimate of drug-likeness (QED) is 0.589. The van der Waals surface area contributed by atoms with Gasteiger partial charge in [-0.15, -0.1) is 0 Å². The summed E-state index contributed by atoms with van der Waals surface area (Å²) in [6, 6.07) is 13.0. The lowest BCUT2D eigenvalue weighted by Gasteiger charge is -2.47. The van der Waals surface area contributed by atoms with Crippen LogP contribution in [0.2, 0.25) is 5.02 Å². The zero-order chi connectivity index (χ0) is 21.8. The molecule has 1 spiro atoms. The van der Waals surface area contributed by atoms with Crippen LogP contribution >= 0.6 is 39.3 Å². The number of esters is 1. The third-order valence-electron chi connectivity index (χ3n) is 5.59. The molecular formula is C21H17BrClN3O4S. The number of carbonyl (C=O) groups is 2. The van der Waals surface area contributed by atoms with Gasteiger partial charge in [0.15, 0.2) is 0 Å². The van der Waals surface area contributed by atoms with Crippen molar-refractivity contribution in [2.45, 2.75) is 30.0 Å². The molecule has 3 heterocycles. The van der Waals surface area contributed by atoms with E-state index < -0.39 is 17.1 Å². The second-order valence-electron chi connectivity index (χ2n) is 7.37. The number of methoxy groups -OCH3 is 1. The predicted octanol–water partition coefficient (Wildman–Crippen LogP) is 4.69. The van der Waals surface area contributed by atoms with Gasteiger partial charge in [-0.05, 0) is 29.8 Å². The van der Waals surface area contributed by atoms with Gasteiger partial charge in [-0.3, -0.25) is 14.9 Å². The number of halogens is 2. The van der Waals surface area contributed by atoms with Crippen LogP contribution in [0, 0.1) is 0 Å². The molecule has 10 heteroatoms. The molecule has 5 rings (SSSR count). The van der Waals surface area contributed by atoms with Crippen molar-refractivity contribution in [3.63, 3.8) is 0 Å². The van der Waals surface area contributed by atoms with Crippen molar-refractivity contribution in [2.75, 3.05) is 7.11 Å². The van der Waals surface area contributed by atoms with Gasteiger partial charge in [0.25, 0.3) is 11.1 Å². The highest BCUT2D eigenvalue weighted by atomic mass is 79.9. The second-order valence-corrected chi connectivity index (χ2v) is 9.83. The molecule has 1 saturated heterocycles. The highest BCUT2D eigenvalue weighted by Crippen LogP contribution is 2.53. The SMILES string of the molecule is COC(=O)CC1SC(=O)NC12Oc1cccc(Br)c1C1CC(c3ccc(Cl)cc3)=NN12. The minimum absolute atomic E-state index is 0.00172.